The van der Waals surface area contributed by atoms with Gasteiger partial charge in [0, 0.05) is 23.2 Å². The molecule has 1 fully saturated rings. The zero-order chi connectivity index (χ0) is 15.2. The first-order valence-corrected chi connectivity index (χ1v) is 7.88. The lowest BCUT2D eigenvalue weighted by molar-refractivity contribution is -0.120. The van der Waals surface area contributed by atoms with Crippen molar-refractivity contribution in [2.45, 2.75) is 31.9 Å². The van der Waals surface area contributed by atoms with Crippen LogP contribution < -0.4 is 10.6 Å². The van der Waals surface area contributed by atoms with Gasteiger partial charge in [-0.05, 0) is 37.5 Å². The second kappa shape index (κ2) is 9.58. The van der Waals surface area contributed by atoms with Gasteiger partial charge in [0.15, 0.2) is 0 Å². The van der Waals surface area contributed by atoms with Gasteiger partial charge in [-0.25, -0.2) is 0 Å². The van der Waals surface area contributed by atoms with E-state index < -0.39 is 0 Å². The van der Waals surface area contributed by atoms with Gasteiger partial charge in [-0.1, -0.05) is 29.3 Å². The van der Waals surface area contributed by atoms with Crippen LogP contribution in [0.4, 0.5) is 0 Å². The Bertz CT molecular complexity index is 494. The summed E-state index contributed by atoms with van der Waals surface area (Å²) in [7, 11) is 0. The van der Waals surface area contributed by atoms with E-state index >= 15 is 0 Å². The molecule has 1 heterocycles. The Kier molecular flexibility index (Phi) is 8.50. The van der Waals surface area contributed by atoms with Crippen LogP contribution in [-0.2, 0) is 9.53 Å². The Balaban J connectivity index is 0.00000242. The monoisotopic (exact) mass is 366 g/mol. The molecule has 1 aromatic carbocycles. The van der Waals surface area contributed by atoms with Gasteiger partial charge in [0.2, 0.25) is 5.91 Å². The van der Waals surface area contributed by atoms with E-state index in [9.17, 15) is 4.79 Å². The van der Waals surface area contributed by atoms with E-state index in [0.717, 1.165) is 25.0 Å². The summed E-state index contributed by atoms with van der Waals surface area (Å²) in [6, 6.07) is 5.11. The summed E-state index contributed by atoms with van der Waals surface area (Å²) < 4.78 is 5.49. The van der Waals surface area contributed by atoms with Gasteiger partial charge in [-0.15, -0.1) is 12.4 Å². The first-order chi connectivity index (χ1) is 10.1. The molecule has 0 saturated carbocycles. The summed E-state index contributed by atoms with van der Waals surface area (Å²) in [6.45, 7) is 3.71. The molecule has 1 aliphatic heterocycles. The number of rotatable bonds is 6. The Hall–Kier alpha value is -0.520. The highest BCUT2D eigenvalue weighted by atomic mass is 35.5. The molecule has 1 aromatic rings. The molecule has 4 nitrogen and oxygen atoms in total. The van der Waals surface area contributed by atoms with Crippen LogP contribution in [-0.4, -0.2) is 31.7 Å². The minimum Gasteiger partial charge on any atom is -0.377 e. The van der Waals surface area contributed by atoms with Crippen LogP contribution >= 0.6 is 35.6 Å². The largest absolute Gasteiger partial charge is 0.377 e. The maximum Gasteiger partial charge on any atom is 0.234 e. The summed E-state index contributed by atoms with van der Waals surface area (Å²) in [5.74, 6) is -0.0634. The van der Waals surface area contributed by atoms with Gasteiger partial charge in [0.1, 0.15) is 0 Å². The molecule has 2 rings (SSSR count). The quantitative estimate of drug-likeness (QED) is 0.810. The minimum absolute atomic E-state index is 0. The zero-order valence-corrected chi connectivity index (χ0v) is 14.7. The van der Waals surface area contributed by atoms with Gasteiger partial charge in [-0.2, -0.15) is 0 Å². The molecule has 0 aliphatic carbocycles. The third-order valence-corrected chi connectivity index (χ3v) is 4.05. The average molecular weight is 368 g/mol. The number of carbonyl (C=O) groups excluding carboxylic acids is 1. The number of ether oxygens (including phenoxy) is 1. The lowest BCUT2D eigenvalue weighted by Gasteiger charge is -2.17. The molecule has 22 heavy (non-hydrogen) atoms. The van der Waals surface area contributed by atoms with Crippen LogP contribution in [0.1, 0.15) is 31.4 Å². The summed E-state index contributed by atoms with van der Waals surface area (Å²) in [6.07, 6.45) is 2.40. The van der Waals surface area contributed by atoms with Gasteiger partial charge in [0.05, 0.1) is 18.7 Å². The first kappa shape index (κ1) is 19.5. The smallest absolute Gasteiger partial charge is 0.234 e. The maximum absolute atomic E-state index is 11.9. The number of amides is 1. The zero-order valence-electron chi connectivity index (χ0n) is 12.4. The van der Waals surface area contributed by atoms with Crippen molar-refractivity contribution < 1.29 is 9.53 Å². The standard InChI is InChI=1S/C15H20Cl2N2O2.ClH/c1-10(13-5-4-11(16)7-14(13)17)19-15(20)9-18-8-12-3-2-6-21-12;/h4-5,7,10,12,18H,2-3,6,8-9H2,1H3,(H,19,20);1H. The van der Waals surface area contributed by atoms with E-state index in [4.69, 9.17) is 27.9 Å². The van der Waals surface area contributed by atoms with E-state index in [-0.39, 0.29) is 37.0 Å². The lowest BCUT2D eigenvalue weighted by atomic mass is 10.1. The van der Waals surface area contributed by atoms with E-state index in [0.29, 0.717) is 16.6 Å². The number of carbonyl (C=O) groups is 1. The van der Waals surface area contributed by atoms with E-state index in [2.05, 4.69) is 10.6 Å². The third-order valence-electron chi connectivity index (χ3n) is 3.49. The van der Waals surface area contributed by atoms with Crippen molar-refractivity contribution in [2.24, 2.45) is 0 Å². The van der Waals surface area contributed by atoms with Crippen molar-refractivity contribution >= 4 is 41.5 Å². The van der Waals surface area contributed by atoms with Gasteiger partial charge in [-0.3, -0.25) is 4.79 Å². The molecule has 7 heteroatoms. The van der Waals surface area contributed by atoms with E-state index in [1.807, 2.05) is 13.0 Å². The van der Waals surface area contributed by atoms with Crippen molar-refractivity contribution in [3.8, 4) is 0 Å². The SMILES string of the molecule is CC(NC(=O)CNCC1CCCO1)c1ccc(Cl)cc1Cl.Cl. The van der Waals surface area contributed by atoms with Gasteiger partial charge in [0.25, 0.3) is 0 Å². The fourth-order valence-corrected chi connectivity index (χ4v) is 2.95. The molecule has 0 spiro atoms. The summed E-state index contributed by atoms with van der Waals surface area (Å²) in [4.78, 5) is 11.9. The van der Waals surface area contributed by atoms with E-state index in [1.165, 1.54) is 0 Å². The fourth-order valence-electron chi connectivity index (χ4n) is 2.37. The lowest BCUT2D eigenvalue weighted by Crippen LogP contribution is -2.38. The van der Waals surface area contributed by atoms with Gasteiger partial charge < -0.3 is 15.4 Å². The van der Waals surface area contributed by atoms with Gasteiger partial charge >= 0.3 is 0 Å². The first-order valence-electron chi connectivity index (χ1n) is 7.13. The number of benzene rings is 1. The molecular formula is C15H21Cl3N2O2. The molecule has 1 aliphatic rings. The van der Waals surface area contributed by atoms with Crippen molar-refractivity contribution in [1.29, 1.82) is 0 Å². The number of hydrogen-bond donors (Lipinski definition) is 2. The van der Waals surface area contributed by atoms with E-state index in [1.54, 1.807) is 12.1 Å². The molecule has 2 N–H and O–H groups in total. The van der Waals surface area contributed by atoms with Crippen molar-refractivity contribution in [2.75, 3.05) is 19.7 Å². The van der Waals surface area contributed by atoms with Crippen LogP contribution in [0.2, 0.25) is 10.0 Å². The highest BCUT2D eigenvalue weighted by molar-refractivity contribution is 6.35. The van der Waals surface area contributed by atoms with Crippen molar-refractivity contribution in [1.82, 2.24) is 10.6 Å². The average Bonchev–Trinajstić information content (AvgIpc) is 2.91. The van der Waals surface area contributed by atoms with Crippen LogP contribution in [0.15, 0.2) is 18.2 Å². The second-order valence-corrected chi connectivity index (χ2v) is 6.06. The Morgan fingerprint density at radius 1 is 1.45 bits per heavy atom. The highest BCUT2D eigenvalue weighted by Crippen LogP contribution is 2.25. The fraction of sp³-hybridized carbons (Fsp3) is 0.533. The maximum atomic E-state index is 11.9. The molecule has 1 saturated heterocycles. The topological polar surface area (TPSA) is 50.4 Å². The Morgan fingerprint density at radius 3 is 2.86 bits per heavy atom. The number of nitrogens with one attached hydrogen (secondary N) is 2. The molecular weight excluding hydrogens is 347 g/mol. The van der Waals surface area contributed by atoms with Crippen LogP contribution in [0.25, 0.3) is 0 Å². The summed E-state index contributed by atoms with van der Waals surface area (Å²) >= 11 is 12.0. The summed E-state index contributed by atoms with van der Waals surface area (Å²) in [5, 5.41) is 7.17. The normalized spacial score (nSPS) is 18.6. The predicted molar refractivity (Wildman–Crippen MR) is 92.1 cm³/mol. The number of halogens is 3. The molecule has 2 unspecified atom stereocenters. The Morgan fingerprint density at radius 2 is 2.23 bits per heavy atom. The molecule has 124 valence electrons. The highest BCUT2D eigenvalue weighted by Gasteiger charge is 2.16. The minimum atomic E-state index is -0.160. The molecule has 0 aromatic heterocycles. The van der Waals surface area contributed by atoms with Crippen molar-refractivity contribution in [3.05, 3.63) is 33.8 Å². The number of hydrogen-bond acceptors (Lipinski definition) is 3. The molecule has 0 bridgehead atoms. The van der Waals surface area contributed by atoms with Crippen LogP contribution in [0.5, 0.6) is 0 Å². The molecule has 1 amide bonds. The Labute approximate surface area is 147 Å². The molecule has 0 radical (unpaired) electrons. The molecule has 2 atom stereocenters. The third kappa shape index (κ3) is 5.94. The van der Waals surface area contributed by atoms with Crippen LogP contribution in [0, 0.1) is 0 Å². The van der Waals surface area contributed by atoms with Crippen molar-refractivity contribution in [3.63, 3.8) is 0 Å². The second-order valence-electron chi connectivity index (χ2n) is 5.22. The van der Waals surface area contributed by atoms with Crippen LogP contribution in [0.3, 0.4) is 0 Å². The predicted octanol–water partition coefficient (Wildman–Crippen LogP) is 3.36. The summed E-state index contributed by atoms with van der Waals surface area (Å²) in [5.41, 5.74) is 0.855.